The van der Waals surface area contributed by atoms with Crippen molar-refractivity contribution in [3.63, 3.8) is 0 Å². The van der Waals surface area contributed by atoms with Crippen molar-refractivity contribution < 1.29 is 23.9 Å². The van der Waals surface area contributed by atoms with Crippen LogP contribution in [0.4, 0.5) is 0 Å². The standard InChI is InChI=1S/C15H14N2O5S2/c18-7-10-1-3-11(4-2-10)14(21)22-8-12(19)16-5-6-17-13(20)9-24-15(17)23/h1-4,7H,5-6,8-9H2,(H,16,19). The number of thioether (sulfide) groups is 1. The molecule has 2 amide bonds. The minimum atomic E-state index is -0.658. The molecule has 126 valence electrons. The topological polar surface area (TPSA) is 92.8 Å². The number of ether oxygens (including phenoxy) is 1. The van der Waals surface area contributed by atoms with Crippen molar-refractivity contribution >= 4 is 52.4 Å². The van der Waals surface area contributed by atoms with Gasteiger partial charge in [0.25, 0.3) is 5.91 Å². The molecule has 1 heterocycles. The molecule has 1 aliphatic rings. The Labute approximate surface area is 147 Å². The van der Waals surface area contributed by atoms with Crippen molar-refractivity contribution in [2.24, 2.45) is 0 Å². The van der Waals surface area contributed by atoms with E-state index in [1.165, 1.54) is 40.9 Å². The number of rotatable bonds is 7. The lowest BCUT2D eigenvalue weighted by atomic mass is 10.1. The molecule has 0 aliphatic carbocycles. The summed E-state index contributed by atoms with van der Waals surface area (Å²) in [6, 6.07) is 5.86. The van der Waals surface area contributed by atoms with Gasteiger partial charge in [0.2, 0.25) is 5.91 Å². The first-order valence-electron chi connectivity index (χ1n) is 6.97. The zero-order valence-electron chi connectivity index (χ0n) is 12.5. The van der Waals surface area contributed by atoms with E-state index in [-0.39, 0.29) is 24.6 Å². The maximum absolute atomic E-state index is 11.8. The average molecular weight is 366 g/mol. The summed E-state index contributed by atoms with van der Waals surface area (Å²) in [6.07, 6.45) is 0.665. The first-order chi connectivity index (χ1) is 11.5. The van der Waals surface area contributed by atoms with Gasteiger partial charge in [0.1, 0.15) is 10.6 Å². The van der Waals surface area contributed by atoms with Gasteiger partial charge < -0.3 is 10.1 Å². The van der Waals surface area contributed by atoms with Crippen LogP contribution in [0.2, 0.25) is 0 Å². The third-order valence-corrected chi connectivity index (χ3v) is 4.55. The lowest BCUT2D eigenvalue weighted by molar-refractivity contribution is -0.126. The average Bonchev–Trinajstić information content (AvgIpc) is 2.91. The molecule has 0 radical (unpaired) electrons. The van der Waals surface area contributed by atoms with E-state index in [0.29, 0.717) is 21.9 Å². The molecular weight excluding hydrogens is 352 g/mol. The van der Waals surface area contributed by atoms with Crippen molar-refractivity contribution in [1.29, 1.82) is 0 Å². The van der Waals surface area contributed by atoms with Crippen LogP contribution in [0.3, 0.4) is 0 Å². The van der Waals surface area contributed by atoms with E-state index in [1.807, 2.05) is 0 Å². The molecule has 0 spiro atoms. The van der Waals surface area contributed by atoms with E-state index in [9.17, 15) is 19.2 Å². The minimum Gasteiger partial charge on any atom is -0.452 e. The number of hydrogen-bond acceptors (Lipinski definition) is 7. The molecule has 2 rings (SSSR count). The number of nitrogens with one attached hydrogen (secondary N) is 1. The smallest absolute Gasteiger partial charge is 0.338 e. The van der Waals surface area contributed by atoms with E-state index in [2.05, 4.69) is 5.32 Å². The van der Waals surface area contributed by atoms with E-state index in [0.717, 1.165) is 0 Å². The Hall–Kier alpha value is -2.26. The van der Waals surface area contributed by atoms with E-state index in [4.69, 9.17) is 17.0 Å². The molecule has 7 nitrogen and oxygen atoms in total. The molecule has 24 heavy (non-hydrogen) atoms. The summed E-state index contributed by atoms with van der Waals surface area (Å²) in [5.41, 5.74) is 0.690. The molecule has 1 aliphatic heterocycles. The monoisotopic (exact) mass is 366 g/mol. The number of amides is 2. The fourth-order valence-electron chi connectivity index (χ4n) is 1.87. The first-order valence-corrected chi connectivity index (χ1v) is 8.37. The molecule has 1 N–H and O–H groups in total. The van der Waals surface area contributed by atoms with E-state index >= 15 is 0 Å². The number of aldehydes is 1. The van der Waals surface area contributed by atoms with Crippen LogP contribution in [0.5, 0.6) is 0 Å². The number of carbonyl (C=O) groups is 4. The zero-order chi connectivity index (χ0) is 17.5. The molecule has 0 unspecified atom stereocenters. The van der Waals surface area contributed by atoms with Crippen LogP contribution >= 0.6 is 24.0 Å². The van der Waals surface area contributed by atoms with Gasteiger partial charge in [0.15, 0.2) is 6.61 Å². The highest BCUT2D eigenvalue weighted by Gasteiger charge is 2.25. The summed E-state index contributed by atoms with van der Waals surface area (Å²) in [5, 5.41) is 2.55. The van der Waals surface area contributed by atoms with Gasteiger partial charge in [-0.15, -0.1) is 0 Å². The normalized spacial score (nSPS) is 13.8. The molecule has 0 bridgehead atoms. The third kappa shape index (κ3) is 4.87. The van der Waals surface area contributed by atoms with Crippen LogP contribution in [-0.4, -0.2) is 58.7 Å². The minimum absolute atomic E-state index is 0.0792. The molecular formula is C15H14N2O5S2. The third-order valence-electron chi connectivity index (χ3n) is 3.11. The SMILES string of the molecule is O=Cc1ccc(C(=O)OCC(=O)NCCN2C(=O)CSC2=S)cc1. The first kappa shape index (κ1) is 18.1. The molecule has 9 heteroatoms. The van der Waals surface area contributed by atoms with Gasteiger partial charge in [0, 0.05) is 18.7 Å². The lowest BCUT2D eigenvalue weighted by Crippen LogP contribution is -2.38. The van der Waals surface area contributed by atoms with Crippen LogP contribution in [0.15, 0.2) is 24.3 Å². The predicted octanol–water partition coefficient (Wildman–Crippen LogP) is 0.632. The number of benzene rings is 1. The maximum atomic E-state index is 11.8. The Morgan fingerprint density at radius 3 is 2.62 bits per heavy atom. The second-order valence-electron chi connectivity index (χ2n) is 4.77. The number of carbonyl (C=O) groups excluding carboxylic acids is 4. The Balaban J connectivity index is 1.70. The number of hydrogen-bond donors (Lipinski definition) is 1. The Bertz CT molecular complexity index is 659. The largest absolute Gasteiger partial charge is 0.452 e. The predicted molar refractivity (Wildman–Crippen MR) is 91.9 cm³/mol. The Morgan fingerprint density at radius 1 is 1.33 bits per heavy atom. The highest BCUT2D eigenvalue weighted by atomic mass is 32.2. The summed E-state index contributed by atoms with van der Waals surface area (Å²) in [5.74, 6) is -0.884. The quantitative estimate of drug-likeness (QED) is 0.430. The summed E-state index contributed by atoms with van der Waals surface area (Å²) < 4.78 is 5.38. The summed E-state index contributed by atoms with van der Waals surface area (Å²) in [4.78, 5) is 46.9. The maximum Gasteiger partial charge on any atom is 0.338 e. The lowest BCUT2D eigenvalue weighted by Gasteiger charge is -2.15. The fourth-order valence-corrected chi connectivity index (χ4v) is 2.99. The van der Waals surface area contributed by atoms with Gasteiger partial charge >= 0.3 is 5.97 Å². The van der Waals surface area contributed by atoms with Crippen LogP contribution in [0.1, 0.15) is 20.7 Å². The summed E-state index contributed by atoms with van der Waals surface area (Å²) in [6.45, 7) is 0.0791. The van der Waals surface area contributed by atoms with Crippen LogP contribution in [-0.2, 0) is 14.3 Å². The van der Waals surface area contributed by atoms with Gasteiger partial charge in [-0.25, -0.2) is 4.79 Å². The molecule has 0 atom stereocenters. The summed E-state index contributed by atoms with van der Waals surface area (Å²) in [7, 11) is 0. The number of nitrogens with zero attached hydrogens (tertiary/aromatic N) is 1. The van der Waals surface area contributed by atoms with Crippen molar-refractivity contribution in [2.45, 2.75) is 0 Å². The van der Waals surface area contributed by atoms with Crippen molar-refractivity contribution in [3.05, 3.63) is 35.4 Å². The zero-order valence-corrected chi connectivity index (χ0v) is 14.2. The second kappa shape index (κ2) is 8.55. The van der Waals surface area contributed by atoms with E-state index in [1.54, 1.807) is 0 Å². The van der Waals surface area contributed by atoms with Gasteiger partial charge in [-0.2, -0.15) is 0 Å². The Morgan fingerprint density at radius 2 is 2.04 bits per heavy atom. The second-order valence-corrected chi connectivity index (χ2v) is 6.38. The highest BCUT2D eigenvalue weighted by molar-refractivity contribution is 8.23. The van der Waals surface area contributed by atoms with Gasteiger partial charge in [-0.1, -0.05) is 36.1 Å². The highest BCUT2D eigenvalue weighted by Crippen LogP contribution is 2.18. The molecule has 1 aromatic rings. The van der Waals surface area contributed by atoms with Gasteiger partial charge in [-0.3, -0.25) is 19.3 Å². The molecule has 0 aromatic heterocycles. The molecule has 1 fully saturated rings. The number of thiocarbonyl (C=S) groups is 1. The van der Waals surface area contributed by atoms with Gasteiger partial charge in [-0.05, 0) is 12.1 Å². The molecule has 1 aromatic carbocycles. The van der Waals surface area contributed by atoms with Crippen LogP contribution in [0, 0.1) is 0 Å². The fraction of sp³-hybridized carbons (Fsp3) is 0.267. The Kier molecular flexibility index (Phi) is 6.44. The summed E-state index contributed by atoms with van der Waals surface area (Å²) >= 11 is 6.31. The number of esters is 1. The molecule has 0 saturated carbocycles. The van der Waals surface area contributed by atoms with Crippen molar-refractivity contribution in [3.8, 4) is 0 Å². The molecule has 1 saturated heterocycles. The van der Waals surface area contributed by atoms with Crippen molar-refractivity contribution in [2.75, 3.05) is 25.4 Å². The van der Waals surface area contributed by atoms with Gasteiger partial charge in [0.05, 0.1) is 11.3 Å². The van der Waals surface area contributed by atoms with Crippen LogP contribution in [0.25, 0.3) is 0 Å². The van der Waals surface area contributed by atoms with Crippen LogP contribution < -0.4 is 5.32 Å². The van der Waals surface area contributed by atoms with E-state index < -0.39 is 18.5 Å². The van der Waals surface area contributed by atoms with Crippen molar-refractivity contribution in [1.82, 2.24) is 10.2 Å².